The van der Waals surface area contributed by atoms with Crippen LogP contribution >= 0.6 is 0 Å². The minimum absolute atomic E-state index is 0.299. The summed E-state index contributed by atoms with van der Waals surface area (Å²) < 4.78 is 5.39. The molecule has 2 fully saturated rings. The van der Waals surface area contributed by atoms with E-state index in [4.69, 9.17) is 10.2 Å². The molecule has 3 atom stereocenters. The predicted octanol–water partition coefficient (Wildman–Crippen LogP) is 1.07. The summed E-state index contributed by atoms with van der Waals surface area (Å²) in [6.45, 7) is 3.65. The summed E-state index contributed by atoms with van der Waals surface area (Å²) in [6, 6.07) is 0.299. The predicted molar refractivity (Wildman–Crippen MR) is 52.8 cm³/mol. The fourth-order valence-electron chi connectivity index (χ4n) is 2.76. The van der Waals surface area contributed by atoms with Crippen LogP contribution in [0.25, 0.3) is 0 Å². The zero-order valence-electron chi connectivity index (χ0n) is 8.15. The van der Waals surface area contributed by atoms with Crippen LogP contribution < -0.4 is 5.73 Å². The molecule has 76 valence electrons. The Morgan fingerprint density at radius 1 is 1.50 bits per heavy atom. The smallest absolute Gasteiger partial charge is 0.292 e. The molecule has 2 aliphatic heterocycles. The summed E-state index contributed by atoms with van der Waals surface area (Å²) in [5, 5.41) is 0. The highest BCUT2D eigenvalue weighted by Gasteiger charge is 2.34. The molecule has 3 rings (SSSR count). The van der Waals surface area contributed by atoms with E-state index in [-0.39, 0.29) is 0 Å². The molecular formula is C10H15N3O. The van der Waals surface area contributed by atoms with E-state index in [0.29, 0.717) is 11.9 Å². The van der Waals surface area contributed by atoms with E-state index >= 15 is 0 Å². The molecule has 0 aliphatic carbocycles. The molecule has 0 saturated carbocycles. The van der Waals surface area contributed by atoms with Crippen molar-refractivity contribution in [3.8, 4) is 0 Å². The second-order valence-electron chi connectivity index (χ2n) is 4.45. The lowest BCUT2D eigenvalue weighted by Gasteiger charge is -2.28. The van der Waals surface area contributed by atoms with Gasteiger partial charge in [0.2, 0.25) is 0 Å². The molecular weight excluding hydrogens is 178 g/mol. The Balaban J connectivity index is 1.80. The highest BCUT2D eigenvalue weighted by Crippen LogP contribution is 2.36. The van der Waals surface area contributed by atoms with E-state index in [1.807, 2.05) is 0 Å². The van der Waals surface area contributed by atoms with Gasteiger partial charge in [-0.25, -0.2) is 4.98 Å². The fourth-order valence-corrected chi connectivity index (χ4v) is 2.76. The van der Waals surface area contributed by atoms with E-state index in [1.165, 1.54) is 25.9 Å². The third kappa shape index (κ3) is 1.30. The lowest BCUT2D eigenvalue weighted by Crippen LogP contribution is -2.31. The van der Waals surface area contributed by atoms with Crippen molar-refractivity contribution in [1.82, 2.24) is 9.88 Å². The number of fused-ring (bicyclic) bond motifs is 2. The van der Waals surface area contributed by atoms with Gasteiger partial charge in [0.1, 0.15) is 5.76 Å². The summed E-state index contributed by atoms with van der Waals surface area (Å²) in [6.07, 6.45) is 4.37. The molecule has 0 amide bonds. The Morgan fingerprint density at radius 2 is 2.43 bits per heavy atom. The number of nitrogens with two attached hydrogens (primary N) is 1. The molecule has 3 unspecified atom stereocenters. The maximum absolute atomic E-state index is 5.48. The lowest BCUT2D eigenvalue weighted by atomic mass is 9.90. The Labute approximate surface area is 83.1 Å². The first kappa shape index (κ1) is 8.29. The van der Waals surface area contributed by atoms with Gasteiger partial charge in [-0.05, 0) is 25.3 Å². The maximum atomic E-state index is 5.48. The van der Waals surface area contributed by atoms with E-state index < -0.39 is 0 Å². The minimum atomic E-state index is 0.299. The van der Waals surface area contributed by atoms with Crippen LogP contribution in [-0.4, -0.2) is 29.5 Å². The molecule has 4 heteroatoms. The summed E-state index contributed by atoms with van der Waals surface area (Å²) in [4.78, 5) is 6.47. The molecule has 4 nitrogen and oxygen atoms in total. The van der Waals surface area contributed by atoms with Crippen molar-refractivity contribution in [2.24, 2.45) is 5.92 Å². The van der Waals surface area contributed by atoms with E-state index in [2.05, 4.69) is 9.88 Å². The average molecular weight is 193 g/mol. The molecule has 0 radical (unpaired) electrons. The molecule has 14 heavy (non-hydrogen) atoms. The van der Waals surface area contributed by atoms with Crippen LogP contribution in [0.15, 0.2) is 10.6 Å². The Bertz CT molecular complexity index is 324. The van der Waals surface area contributed by atoms with Crippen molar-refractivity contribution in [1.29, 1.82) is 0 Å². The van der Waals surface area contributed by atoms with Crippen molar-refractivity contribution in [3.63, 3.8) is 0 Å². The second kappa shape index (κ2) is 2.98. The molecule has 1 aromatic rings. The Kier molecular flexibility index (Phi) is 1.77. The van der Waals surface area contributed by atoms with Crippen LogP contribution in [-0.2, 0) is 0 Å². The Morgan fingerprint density at radius 3 is 3.14 bits per heavy atom. The summed E-state index contributed by atoms with van der Waals surface area (Å²) in [5.74, 6) is 2.35. The summed E-state index contributed by atoms with van der Waals surface area (Å²) in [7, 11) is 0. The van der Waals surface area contributed by atoms with Crippen LogP contribution in [0, 0.1) is 5.92 Å². The first-order chi connectivity index (χ1) is 6.81. The van der Waals surface area contributed by atoms with Gasteiger partial charge in [0, 0.05) is 19.0 Å². The first-order valence-corrected chi connectivity index (χ1v) is 5.25. The average Bonchev–Trinajstić information content (AvgIpc) is 2.73. The Hall–Kier alpha value is -1.03. The number of piperidine rings is 1. The van der Waals surface area contributed by atoms with E-state index in [1.54, 1.807) is 6.20 Å². The summed E-state index contributed by atoms with van der Waals surface area (Å²) >= 11 is 0. The zero-order chi connectivity index (χ0) is 9.54. The molecule has 2 bridgehead atoms. The van der Waals surface area contributed by atoms with Gasteiger partial charge in [-0.15, -0.1) is 0 Å². The third-order valence-electron chi connectivity index (χ3n) is 3.41. The van der Waals surface area contributed by atoms with Crippen LogP contribution in [0.5, 0.6) is 0 Å². The number of aromatic nitrogens is 1. The first-order valence-electron chi connectivity index (χ1n) is 5.25. The SMILES string of the molecule is Nc1ncc(C2CC3CCN(C3)C2)o1. The quantitative estimate of drug-likeness (QED) is 0.724. The van der Waals surface area contributed by atoms with Crippen molar-refractivity contribution in [2.75, 3.05) is 25.4 Å². The number of nitrogens with zero attached hydrogens (tertiary/aromatic N) is 2. The highest BCUT2D eigenvalue weighted by molar-refractivity contribution is 5.15. The normalized spacial score (nSPS) is 36.1. The topological polar surface area (TPSA) is 55.3 Å². The number of rotatable bonds is 1. The van der Waals surface area contributed by atoms with Gasteiger partial charge < -0.3 is 15.1 Å². The van der Waals surface area contributed by atoms with Gasteiger partial charge in [-0.2, -0.15) is 0 Å². The van der Waals surface area contributed by atoms with Gasteiger partial charge in [0.15, 0.2) is 0 Å². The number of hydrogen-bond donors (Lipinski definition) is 1. The van der Waals surface area contributed by atoms with Crippen LogP contribution in [0.2, 0.25) is 0 Å². The van der Waals surface area contributed by atoms with Gasteiger partial charge >= 0.3 is 0 Å². The van der Waals surface area contributed by atoms with Crippen LogP contribution in [0.3, 0.4) is 0 Å². The molecule has 1 aromatic heterocycles. The van der Waals surface area contributed by atoms with Gasteiger partial charge in [0.05, 0.1) is 6.20 Å². The third-order valence-corrected chi connectivity index (χ3v) is 3.41. The molecule has 2 N–H and O–H groups in total. The highest BCUT2D eigenvalue weighted by atomic mass is 16.4. The molecule has 0 aromatic carbocycles. The zero-order valence-corrected chi connectivity index (χ0v) is 8.15. The second-order valence-corrected chi connectivity index (χ2v) is 4.45. The maximum Gasteiger partial charge on any atom is 0.292 e. The fraction of sp³-hybridized carbons (Fsp3) is 0.700. The molecule has 2 saturated heterocycles. The largest absolute Gasteiger partial charge is 0.429 e. The van der Waals surface area contributed by atoms with Crippen molar-refractivity contribution in [2.45, 2.75) is 18.8 Å². The minimum Gasteiger partial charge on any atom is -0.429 e. The molecule has 0 spiro atoms. The van der Waals surface area contributed by atoms with E-state index in [9.17, 15) is 0 Å². The van der Waals surface area contributed by atoms with Gasteiger partial charge in [0.25, 0.3) is 6.01 Å². The standard InChI is InChI=1S/C10H15N3O/c11-10-12-4-9(14-10)8-3-7-1-2-13(5-7)6-8/h4,7-8H,1-3,5-6H2,(H2,11,12). The number of hydrogen-bond acceptors (Lipinski definition) is 4. The monoisotopic (exact) mass is 193 g/mol. The number of nitrogen functional groups attached to an aromatic ring is 1. The van der Waals surface area contributed by atoms with Crippen molar-refractivity contribution in [3.05, 3.63) is 12.0 Å². The van der Waals surface area contributed by atoms with Crippen LogP contribution in [0.1, 0.15) is 24.5 Å². The number of anilines is 1. The van der Waals surface area contributed by atoms with E-state index in [0.717, 1.165) is 18.2 Å². The van der Waals surface area contributed by atoms with Gasteiger partial charge in [-0.1, -0.05) is 0 Å². The summed E-state index contributed by atoms with van der Waals surface area (Å²) in [5.41, 5.74) is 5.48. The lowest BCUT2D eigenvalue weighted by molar-refractivity contribution is 0.227. The van der Waals surface area contributed by atoms with Crippen molar-refractivity contribution < 1.29 is 4.42 Å². The molecule has 3 heterocycles. The van der Waals surface area contributed by atoms with Crippen LogP contribution in [0.4, 0.5) is 6.01 Å². The molecule has 2 aliphatic rings. The number of oxazole rings is 1. The van der Waals surface area contributed by atoms with Gasteiger partial charge in [-0.3, -0.25) is 0 Å². The van der Waals surface area contributed by atoms with Crippen molar-refractivity contribution >= 4 is 6.01 Å².